The first-order chi connectivity index (χ1) is 7.27. The first-order valence-corrected chi connectivity index (χ1v) is 5.25. The number of rotatable bonds is 1. The van der Waals surface area contributed by atoms with Crippen molar-refractivity contribution in [2.75, 3.05) is 26.3 Å². The van der Waals surface area contributed by atoms with E-state index in [1.165, 1.54) is 5.56 Å². The Bertz CT molecular complexity index is 356. The van der Waals surface area contributed by atoms with Crippen molar-refractivity contribution < 1.29 is 4.74 Å². The summed E-state index contributed by atoms with van der Waals surface area (Å²) in [7, 11) is 0. The van der Waals surface area contributed by atoms with Gasteiger partial charge >= 0.3 is 0 Å². The number of nitrogens with one attached hydrogen (secondary N) is 1. The molecule has 0 saturated carbocycles. The van der Waals surface area contributed by atoms with Crippen molar-refractivity contribution in [3.8, 4) is 0 Å². The third-order valence-corrected chi connectivity index (χ3v) is 2.62. The topological polar surface area (TPSA) is 36.3 Å². The lowest BCUT2D eigenvalue weighted by Crippen LogP contribution is -2.40. The van der Waals surface area contributed by atoms with E-state index >= 15 is 0 Å². The highest BCUT2D eigenvalue weighted by Gasteiger charge is 2.14. The molecule has 0 amide bonds. The Morgan fingerprint density at radius 2 is 2.07 bits per heavy atom. The predicted molar refractivity (Wildman–Crippen MR) is 60.4 cm³/mol. The van der Waals surface area contributed by atoms with Crippen LogP contribution in [0.15, 0.2) is 24.3 Å². The molecule has 0 atom stereocenters. The summed E-state index contributed by atoms with van der Waals surface area (Å²) in [4.78, 5) is 2.07. The van der Waals surface area contributed by atoms with E-state index in [1.54, 1.807) is 0 Å². The molecule has 0 aromatic heterocycles. The molecule has 1 aromatic carbocycles. The molecule has 1 heterocycles. The number of nitrogens with zero attached hydrogens (tertiary/aromatic N) is 1. The Hall–Kier alpha value is -1.35. The molecule has 3 heteroatoms. The Kier molecular flexibility index (Phi) is 3.02. The summed E-state index contributed by atoms with van der Waals surface area (Å²) < 4.78 is 5.27. The summed E-state index contributed by atoms with van der Waals surface area (Å²) in [5.74, 6) is 0.613. The van der Waals surface area contributed by atoms with E-state index in [0.29, 0.717) is 5.84 Å². The highest BCUT2D eigenvalue weighted by molar-refractivity contribution is 5.96. The molecule has 0 spiro atoms. The van der Waals surface area contributed by atoms with Crippen molar-refractivity contribution in [1.82, 2.24) is 4.90 Å². The van der Waals surface area contributed by atoms with Crippen LogP contribution in [0, 0.1) is 12.3 Å². The largest absolute Gasteiger partial charge is 0.378 e. The van der Waals surface area contributed by atoms with E-state index in [9.17, 15) is 0 Å². The van der Waals surface area contributed by atoms with Crippen LogP contribution in [0.3, 0.4) is 0 Å². The monoisotopic (exact) mass is 204 g/mol. The number of amidine groups is 1. The molecule has 0 aliphatic carbocycles. The molecule has 0 unspecified atom stereocenters. The second-order valence-corrected chi connectivity index (χ2v) is 3.82. The summed E-state index contributed by atoms with van der Waals surface area (Å²) in [6, 6.07) is 8.10. The molecule has 2 rings (SSSR count). The number of benzene rings is 1. The number of ether oxygens (including phenoxy) is 1. The Morgan fingerprint density at radius 3 is 2.73 bits per heavy atom. The fourth-order valence-corrected chi connectivity index (χ4v) is 1.76. The van der Waals surface area contributed by atoms with E-state index in [2.05, 4.69) is 24.0 Å². The zero-order chi connectivity index (χ0) is 10.7. The fourth-order valence-electron chi connectivity index (χ4n) is 1.76. The molecule has 0 radical (unpaired) electrons. The maximum absolute atomic E-state index is 8.09. The Morgan fingerprint density at radius 1 is 1.33 bits per heavy atom. The summed E-state index contributed by atoms with van der Waals surface area (Å²) in [5, 5.41) is 8.09. The SMILES string of the molecule is Cc1cccc(C(=N)N2CCOCC2)c1. The quantitative estimate of drug-likeness (QED) is 0.558. The van der Waals surface area contributed by atoms with Gasteiger partial charge in [-0.25, -0.2) is 0 Å². The molecule has 1 aliphatic rings. The highest BCUT2D eigenvalue weighted by Crippen LogP contribution is 2.09. The number of morpholine rings is 1. The lowest BCUT2D eigenvalue weighted by molar-refractivity contribution is 0.0680. The minimum atomic E-state index is 0.613. The van der Waals surface area contributed by atoms with Gasteiger partial charge in [0.15, 0.2) is 0 Å². The molecule has 1 N–H and O–H groups in total. The van der Waals surface area contributed by atoms with Crippen molar-refractivity contribution in [3.05, 3.63) is 35.4 Å². The van der Waals surface area contributed by atoms with Crippen LogP contribution in [-0.2, 0) is 4.74 Å². The van der Waals surface area contributed by atoms with Crippen molar-refractivity contribution >= 4 is 5.84 Å². The zero-order valence-electron chi connectivity index (χ0n) is 8.99. The van der Waals surface area contributed by atoms with Gasteiger partial charge in [-0.3, -0.25) is 5.41 Å². The molecule has 3 nitrogen and oxygen atoms in total. The molecule has 1 saturated heterocycles. The molecule has 0 bridgehead atoms. The maximum atomic E-state index is 8.09. The number of hydrogen-bond acceptors (Lipinski definition) is 2. The van der Waals surface area contributed by atoms with Gasteiger partial charge in [0.2, 0.25) is 0 Å². The van der Waals surface area contributed by atoms with Crippen molar-refractivity contribution in [1.29, 1.82) is 5.41 Å². The van der Waals surface area contributed by atoms with Gasteiger partial charge in [0.05, 0.1) is 13.2 Å². The van der Waals surface area contributed by atoms with Gasteiger partial charge in [0.1, 0.15) is 5.84 Å². The average molecular weight is 204 g/mol. The fraction of sp³-hybridized carbons (Fsp3) is 0.417. The maximum Gasteiger partial charge on any atom is 0.128 e. The standard InChI is InChI=1S/C12H16N2O/c1-10-3-2-4-11(9-10)12(13)14-5-7-15-8-6-14/h2-4,9,13H,5-8H2,1H3. The summed E-state index contributed by atoms with van der Waals surface area (Å²) in [5.41, 5.74) is 2.20. The summed E-state index contributed by atoms with van der Waals surface area (Å²) in [6.45, 7) is 5.16. The third-order valence-electron chi connectivity index (χ3n) is 2.62. The lowest BCUT2D eigenvalue weighted by Gasteiger charge is -2.29. The van der Waals surface area contributed by atoms with Gasteiger partial charge in [0, 0.05) is 18.7 Å². The van der Waals surface area contributed by atoms with Crippen LogP contribution in [0.1, 0.15) is 11.1 Å². The van der Waals surface area contributed by atoms with Crippen LogP contribution in [-0.4, -0.2) is 37.0 Å². The normalized spacial score (nSPS) is 16.5. The second-order valence-electron chi connectivity index (χ2n) is 3.82. The predicted octanol–water partition coefficient (Wildman–Crippen LogP) is 1.65. The molecule has 1 fully saturated rings. The van der Waals surface area contributed by atoms with Crippen LogP contribution in [0.2, 0.25) is 0 Å². The Labute approximate surface area is 90.2 Å². The first kappa shape index (κ1) is 10.2. The Balaban J connectivity index is 2.12. The average Bonchev–Trinajstić information content (AvgIpc) is 2.29. The molecule has 80 valence electrons. The van der Waals surface area contributed by atoms with Gasteiger partial charge < -0.3 is 9.64 Å². The van der Waals surface area contributed by atoms with E-state index < -0.39 is 0 Å². The number of hydrogen-bond donors (Lipinski definition) is 1. The van der Waals surface area contributed by atoms with Crippen LogP contribution < -0.4 is 0 Å². The summed E-state index contributed by atoms with van der Waals surface area (Å²) in [6.07, 6.45) is 0. The van der Waals surface area contributed by atoms with Gasteiger partial charge in [-0.05, 0) is 13.0 Å². The van der Waals surface area contributed by atoms with Crippen molar-refractivity contribution in [2.24, 2.45) is 0 Å². The molecular weight excluding hydrogens is 188 g/mol. The van der Waals surface area contributed by atoms with Crippen LogP contribution >= 0.6 is 0 Å². The van der Waals surface area contributed by atoms with Gasteiger partial charge in [-0.15, -0.1) is 0 Å². The van der Waals surface area contributed by atoms with E-state index in [-0.39, 0.29) is 0 Å². The van der Waals surface area contributed by atoms with Crippen LogP contribution in [0.4, 0.5) is 0 Å². The minimum absolute atomic E-state index is 0.613. The molecular formula is C12H16N2O. The van der Waals surface area contributed by atoms with Crippen molar-refractivity contribution in [2.45, 2.75) is 6.92 Å². The van der Waals surface area contributed by atoms with Gasteiger partial charge in [-0.1, -0.05) is 23.8 Å². The number of aryl methyl sites for hydroxylation is 1. The van der Waals surface area contributed by atoms with E-state index in [0.717, 1.165) is 31.9 Å². The molecule has 1 aliphatic heterocycles. The van der Waals surface area contributed by atoms with E-state index in [1.807, 2.05) is 12.1 Å². The first-order valence-electron chi connectivity index (χ1n) is 5.25. The minimum Gasteiger partial charge on any atom is -0.378 e. The molecule has 15 heavy (non-hydrogen) atoms. The van der Waals surface area contributed by atoms with Gasteiger partial charge in [0.25, 0.3) is 0 Å². The zero-order valence-corrected chi connectivity index (χ0v) is 8.99. The third kappa shape index (κ3) is 2.36. The lowest BCUT2D eigenvalue weighted by atomic mass is 10.1. The van der Waals surface area contributed by atoms with Gasteiger partial charge in [-0.2, -0.15) is 0 Å². The summed E-state index contributed by atoms with van der Waals surface area (Å²) >= 11 is 0. The molecule has 1 aromatic rings. The smallest absolute Gasteiger partial charge is 0.128 e. The van der Waals surface area contributed by atoms with Crippen LogP contribution in [0.25, 0.3) is 0 Å². The second kappa shape index (κ2) is 4.45. The van der Waals surface area contributed by atoms with Crippen LogP contribution in [0.5, 0.6) is 0 Å². The van der Waals surface area contributed by atoms with E-state index in [4.69, 9.17) is 10.1 Å². The highest BCUT2D eigenvalue weighted by atomic mass is 16.5. The van der Waals surface area contributed by atoms with Crippen molar-refractivity contribution in [3.63, 3.8) is 0 Å².